The molecular weight excluding hydrogens is 324 g/mol. The molecule has 1 N–H and O–H groups in total. The first-order valence-corrected chi connectivity index (χ1v) is 7.23. The summed E-state index contributed by atoms with van der Waals surface area (Å²) in [5.41, 5.74) is 1.58. The average molecular weight is 340 g/mol. The molecule has 0 aliphatic carbocycles. The van der Waals surface area contributed by atoms with Crippen molar-refractivity contribution in [3.05, 3.63) is 69.7 Å². The number of rotatable bonds is 4. The van der Waals surface area contributed by atoms with Gasteiger partial charge in [0.25, 0.3) is 0 Å². The first-order chi connectivity index (χ1) is 9.47. The van der Waals surface area contributed by atoms with E-state index >= 15 is 0 Å². The fourth-order valence-corrected chi connectivity index (χ4v) is 2.50. The Balaban J connectivity index is 2.10. The maximum Gasteiger partial charge on any atom is 0.129 e. The fraction of sp³-hybridized carbons (Fsp3) is 0.250. The van der Waals surface area contributed by atoms with Gasteiger partial charge in [-0.05, 0) is 43.7 Å². The van der Waals surface area contributed by atoms with Gasteiger partial charge in [0.15, 0.2) is 0 Å². The maximum atomic E-state index is 13.9. The van der Waals surface area contributed by atoms with E-state index in [2.05, 4.69) is 21.2 Å². The van der Waals surface area contributed by atoms with E-state index in [9.17, 15) is 8.78 Å². The van der Waals surface area contributed by atoms with Crippen LogP contribution in [0.4, 0.5) is 8.78 Å². The Bertz CT molecular complexity index is 584. The molecule has 0 aromatic heterocycles. The van der Waals surface area contributed by atoms with Crippen LogP contribution in [-0.2, 0) is 0 Å². The highest BCUT2D eigenvalue weighted by Crippen LogP contribution is 2.24. The minimum Gasteiger partial charge on any atom is -0.304 e. The van der Waals surface area contributed by atoms with Gasteiger partial charge in [-0.2, -0.15) is 0 Å². The zero-order valence-electron chi connectivity index (χ0n) is 11.3. The highest BCUT2D eigenvalue weighted by Gasteiger charge is 2.14. The topological polar surface area (TPSA) is 12.0 Å². The lowest BCUT2D eigenvalue weighted by Gasteiger charge is -2.21. The van der Waals surface area contributed by atoms with Crippen LogP contribution in [0.15, 0.2) is 46.9 Å². The summed E-state index contributed by atoms with van der Waals surface area (Å²) in [4.78, 5) is 0. The van der Waals surface area contributed by atoms with E-state index < -0.39 is 0 Å². The zero-order valence-corrected chi connectivity index (χ0v) is 12.9. The molecule has 106 valence electrons. The van der Waals surface area contributed by atoms with E-state index in [1.807, 2.05) is 19.9 Å². The SMILES string of the molecule is CC(N[C@@H](C)c1ccc(F)cc1)c1ccc(Br)cc1F. The number of halogens is 3. The lowest BCUT2D eigenvalue weighted by molar-refractivity contribution is 0.473. The van der Waals surface area contributed by atoms with Crippen molar-refractivity contribution >= 4 is 15.9 Å². The molecule has 0 saturated heterocycles. The third-order valence-electron chi connectivity index (χ3n) is 3.30. The van der Waals surface area contributed by atoms with Crippen LogP contribution in [0.3, 0.4) is 0 Å². The largest absolute Gasteiger partial charge is 0.304 e. The molecule has 20 heavy (non-hydrogen) atoms. The molecule has 0 amide bonds. The number of nitrogens with one attached hydrogen (secondary N) is 1. The standard InChI is InChI=1S/C16H16BrF2N/c1-10(12-3-6-14(18)7-4-12)20-11(2)15-8-5-13(17)9-16(15)19/h3-11,20H,1-2H3/t10-,11?/m0/s1. The molecule has 1 unspecified atom stereocenters. The van der Waals surface area contributed by atoms with Gasteiger partial charge in [-0.25, -0.2) is 8.78 Å². The van der Waals surface area contributed by atoms with Crippen LogP contribution >= 0.6 is 15.9 Å². The van der Waals surface area contributed by atoms with Crippen molar-refractivity contribution in [1.82, 2.24) is 5.32 Å². The van der Waals surface area contributed by atoms with Crippen molar-refractivity contribution < 1.29 is 8.78 Å². The third-order valence-corrected chi connectivity index (χ3v) is 3.79. The van der Waals surface area contributed by atoms with Crippen LogP contribution in [0.25, 0.3) is 0 Å². The lowest BCUT2D eigenvalue weighted by Crippen LogP contribution is -2.23. The predicted molar refractivity (Wildman–Crippen MR) is 80.5 cm³/mol. The third kappa shape index (κ3) is 3.64. The molecule has 2 aromatic carbocycles. The van der Waals surface area contributed by atoms with E-state index in [0.29, 0.717) is 5.56 Å². The van der Waals surface area contributed by atoms with Gasteiger partial charge < -0.3 is 5.32 Å². The Labute approximate surface area is 126 Å². The normalized spacial score (nSPS) is 14.1. The molecule has 0 aliphatic heterocycles. The maximum absolute atomic E-state index is 13.9. The fourth-order valence-electron chi connectivity index (χ4n) is 2.17. The van der Waals surface area contributed by atoms with E-state index in [0.717, 1.165) is 10.0 Å². The second kappa shape index (κ2) is 6.46. The van der Waals surface area contributed by atoms with Gasteiger partial charge in [-0.3, -0.25) is 0 Å². The summed E-state index contributed by atoms with van der Waals surface area (Å²) >= 11 is 3.24. The highest BCUT2D eigenvalue weighted by molar-refractivity contribution is 9.10. The molecule has 0 heterocycles. The summed E-state index contributed by atoms with van der Waals surface area (Å²) in [6, 6.07) is 11.2. The second-order valence-electron chi connectivity index (χ2n) is 4.83. The molecule has 1 nitrogen and oxygen atoms in total. The van der Waals surface area contributed by atoms with E-state index in [1.165, 1.54) is 18.2 Å². The van der Waals surface area contributed by atoms with Crippen LogP contribution in [0, 0.1) is 11.6 Å². The summed E-state index contributed by atoms with van der Waals surface area (Å²) in [5, 5.41) is 3.31. The molecule has 2 rings (SSSR count). The molecule has 2 atom stereocenters. The average Bonchev–Trinajstić information content (AvgIpc) is 2.39. The number of hydrogen-bond acceptors (Lipinski definition) is 1. The Hall–Kier alpha value is -1.26. The van der Waals surface area contributed by atoms with Gasteiger partial charge in [0.1, 0.15) is 11.6 Å². The molecule has 2 aromatic rings. The predicted octanol–water partition coefficient (Wildman–Crippen LogP) is 5.14. The summed E-state index contributed by atoms with van der Waals surface area (Å²) in [6.45, 7) is 3.88. The van der Waals surface area contributed by atoms with Gasteiger partial charge in [0.05, 0.1) is 0 Å². The smallest absolute Gasteiger partial charge is 0.129 e. The Morgan fingerprint density at radius 3 is 2.20 bits per heavy atom. The Kier molecular flexibility index (Phi) is 4.89. The minimum absolute atomic E-state index is 0.00801. The molecule has 0 spiro atoms. The molecule has 0 radical (unpaired) electrons. The number of benzene rings is 2. The molecule has 4 heteroatoms. The molecule has 0 bridgehead atoms. The van der Waals surface area contributed by atoms with E-state index in [1.54, 1.807) is 18.2 Å². The Morgan fingerprint density at radius 1 is 0.950 bits per heavy atom. The minimum atomic E-state index is -0.257. The van der Waals surface area contributed by atoms with Crippen LogP contribution in [0.2, 0.25) is 0 Å². The van der Waals surface area contributed by atoms with Gasteiger partial charge in [-0.1, -0.05) is 34.1 Å². The highest BCUT2D eigenvalue weighted by atomic mass is 79.9. The summed E-state index contributed by atoms with van der Waals surface area (Å²) in [5.74, 6) is -0.501. The number of hydrogen-bond donors (Lipinski definition) is 1. The van der Waals surface area contributed by atoms with Crippen LogP contribution in [0.5, 0.6) is 0 Å². The van der Waals surface area contributed by atoms with Crippen molar-refractivity contribution in [3.8, 4) is 0 Å². The van der Waals surface area contributed by atoms with Gasteiger partial charge in [-0.15, -0.1) is 0 Å². The van der Waals surface area contributed by atoms with Crippen molar-refractivity contribution in [2.75, 3.05) is 0 Å². The first kappa shape index (κ1) is 15.1. The quantitative estimate of drug-likeness (QED) is 0.813. The summed E-state index contributed by atoms with van der Waals surface area (Å²) in [6.07, 6.45) is 0. The van der Waals surface area contributed by atoms with Crippen LogP contribution in [0.1, 0.15) is 37.1 Å². The summed E-state index contributed by atoms with van der Waals surface area (Å²) in [7, 11) is 0. The van der Waals surface area contributed by atoms with Gasteiger partial charge in [0, 0.05) is 22.1 Å². The summed E-state index contributed by atoms with van der Waals surface area (Å²) < 4.78 is 27.5. The second-order valence-corrected chi connectivity index (χ2v) is 5.74. The monoisotopic (exact) mass is 339 g/mol. The molecule has 0 fully saturated rings. The van der Waals surface area contributed by atoms with E-state index in [-0.39, 0.29) is 23.7 Å². The van der Waals surface area contributed by atoms with Crippen LogP contribution in [-0.4, -0.2) is 0 Å². The van der Waals surface area contributed by atoms with Crippen molar-refractivity contribution in [2.24, 2.45) is 0 Å². The van der Waals surface area contributed by atoms with Crippen molar-refractivity contribution in [3.63, 3.8) is 0 Å². The molecular formula is C16H16BrF2N. The zero-order chi connectivity index (χ0) is 14.7. The first-order valence-electron chi connectivity index (χ1n) is 6.44. The van der Waals surface area contributed by atoms with Crippen molar-refractivity contribution in [1.29, 1.82) is 0 Å². The van der Waals surface area contributed by atoms with Crippen LogP contribution < -0.4 is 5.32 Å². The van der Waals surface area contributed by atoms with Gasteiger partial charge in [0.2, 0.25) is 0 Å². The molecule has 0 aliphatic rings. The van der Waals surface area contributed by atoms with E-state index in [4.69, 9.17) is 0 Å². The lowest BCUT2D eigenvalue weighted by atomic mass is 10.0. The van der Waals surface area contributed by atoms with Crippen molar-refractivity contribution in [2.45, 2.75) is 25.9 Å². The molecule has 0 saturated carbocycles. The van der Waals surface area contributed by atoms with Gasteiger partial charge >= 0.3 is 0 Å². The Morgan fingerprint density at radius 2 is 1.60 bits per heavy atom.